The minimum atomic E-state index is 0.101. The molecule has 0 aromatic carbocycles. The molecule has 1 aliphatic rings. The van der Waals surface area contributed by atoms with Crippen molar-refractivity contribution in [1.29, 1.82) is 0 Å². The molecule has 1 fully saturated rings. The van der Waals surface area contributed by atoms with Crippen LogP contribution in [-0.2, 0) is 11.8 Å². The van der Waals surface area contributed by atoms with E-state index in [0.29, 0.717) is 5.92 Å². The summed E-state index contributed by atoms with van der Waals surface area (Å²) in [5.74, 6) is 1.60. The predicted molar refractivity (Wildman–Crippen MR) is 76.7 cm³/mol. The fraction of sp³-hybridized carbons (Fsp3) is 0.769. The molecule has 6 heteroatoms. The summed E-state index contributed by atoms with van der Waals surface area (Å²) in [6.45, 7) is 8.95. The average molecular weight is 279 g/mol. The Morgan fingerprint density at radius 2 is 2.26 bits per heavy atom. The lowest BCUT2D eigenvalue weighted by molar-refractivity contribution is 0.250. The first kappa shape index (κ1) is 13.0. The van der Waals surface area contributed by atoms with Crippen LogP contribution in [0.2, 0.25) is 0 Å². The Kier molecular flexibility index (Phi) is 3.30. The molecule has 1 atom stereocenters. The van der Waals surface area contributed by atoms with Crippen LogP contribution in [0.25, 0.3) is 4.96 Å². The molecule has 0 amide bonds. The number of nitrogens with one attached hydrogen (secondary N) is 1. The molecule has 2 aromatic rings. The highest BCUT2D eigenvalue weighted by molar-refractivity contribution is 7.16. The van der Waals surface area contributed by atoms with E-state index in [9.17, 15) is 0 Å². The molecule has 1 aliphatic heterocycles. The van der Waals surface area contributed by atoms with Gasteiger partial charge in [-0.25, -0.2) is 0 Å². The first-order chi connectivity index (χ1) is 9.13. The van der Waals surface area contributed by atoms with Crippen LogP contribution in [0.4, 0.5) is 0 Å². The van der Waals surface area contributed by atoms with Gasteiger partial charge in [-0.3, -0.25) is 0 Å². The Morgan fingerprint density at radius 3 is 2.95 bits per heavy atom. The van der Waals surface area contributed by atoms with Gasteiger partial charge >= 0.3 is 0 Å². The fourth-order valence-corrected chi connectivity index (χ4v) is 3.82. The Hall–Kier alpha value is -1.01. The zero-order valence-electron chi connectivity index (χ0n) is 11.8. The smallest absolute Gasteiger partial charge is 0.234 e. The lowest BCUT2D eigenvalue weighted by atomic mass is 9.75. The van der Waals surface area contributed by atoms with E-state index in [1.165, 1.54) is 17.8 Å². The molecule has 1 N–H and O–H groups in total. The summed E-state index contributed by atoms with van der Waals surface area (Å²) in [7, 11) is 0. The Morgan fingerprint density at radius 1 is 1.42 bits per heavy atom. The average Bonchev–Trinajstić information content (AvgIpc) is 2.99. The normalized spacial score (nSPS) is 21.1. The van der Waals surface area contributed by atoms with Gasteiger partial charge in [0.1, 0.15) is 5.01 Å². The minimum Gasteiger partial charge on any atom is -0.316 e. The lowest BCUT2D eigenvalue weighted by Crippen LogP contribution is -2.40. The number of piperidine rings is 1. The van der Waals surface area contributed by atoms with Crippen molar-refractivity contribution < 1.29 is 0 Å². The molecule has 0 bridgehead atoms. The summed E-state index contributed by atoms with van der Waals surface area (Å²) < 4.78 is 1.91. The number of hydrogen-bond acceptors (Lipinski definition) is 5. The van der Waals surface area contributed by atoms with E-state index in [2.05, 4.69) is 36.3 Å². The second-order valence-corrected chi connectivity index (χ2v) is 6.79. The Labute approximate surface area is 117 Å². The quantitative estimate of drug-likeness (QED) is 0.934. The summed E-state index contributed by atoms with van der Waals surface area (Å²) in [6, 6.07) is 0. The number of rotatable bonds is 3. The maximum absolute atomic E-state index is 4.77. The second kappa shape index (κ2) is 4.83. The van der Waals surface area contributed by atoms with Gasteiger partial charge in [-0.15, -0.1) is 10.2 Å². The van der Waals surface area contributed by atoms with Crippen LogP contribution in [0.15, 0.2) is 0 Å². The topological polar surface area (TPSA) is 55.1 Å². The molecule has 2 aromatic heterocycles. The second-order valence-electron chi connectivity index (χ2n) is 5.84. The van der Waals surface area contributed by atoms with Crippen molar-refractivity contribution in [1.82, 2.24) is 25.1 Å². The van der Waals surface area contributed by atoms with Crippen LogP contribution in [0.3, 0.4) is 0 Å². The molecular formula is C13H21N5S. The van der Waals surface area contributed by atoms with Gasteiger partial charge in [0.15, 0.2) is 5.82 Å². The third kappa shape index (κ3) is 2.17. The van der Waals surface area contributed by atoms with E-state index in [-0.39, 0.29) is 5.41 Å². The summed E-state index contributed by atoms with van der Waals surface area (Å²) in [5.41, 5.74) is 0.101. The van der Waals surface area contributed by atoms with Crippen molar-refractivity contribution in [3.05, 3.63) is 10.8 Å². The molecule has 0 aliphatic carbocycles. The highest BCUT2D eigenvalue weighted by atomic mass is 32.1. The van der Waals surface area contributed by atoms with E-state index in [0.717, 1.165) is 30.3 Å². The van der Waals surface area contributed by atoms with Gasteiger partial charge in [0.2, 0.25) is 4.96 Å². The third-order valence-corrected chi connectivity index (χ3v) is 5.48. The van der Waals surface area contributed by atoms with Crippen LogP contribution < -0.4 is 5.32 Å². The van der Waals surface area contributed by atoms with Gasteiger partial charge in [0, 0.05) is 11.8 Å². The summed E-state index contributed by atoms with van der Waals surface area (Å²) >= 11 is 1.68. The van der Waals surface area contributed by atoms with Gasteiger partial charge in [0.05, 0.1) is 0 Å². The molecule has 3 heterocycles. The van der Waals surface area contributed by atoms with Crippen LogP contribution in [-0.4, -0.2) is 32.9 Å². The number of hydrogen-bond donors (Lipinski definition) is 1. The summed E-state index contributed by atoms with van der Waals surface area (Å²) in [6.07, 6.45) is 3.41. The predicted octanol–water partition coefficient (Wildman–Crippen LogP) is 2.03. The Bertz CT molecular complexity index is 565. The van der Waals surface area contributed by atoms with Crippen molar-refractivity contribution in [3.8, 4) is 0 Å². The highest BCUT2D eigenvalue weighted by Crippen LogP contribution is 2.37. The maximum atomic E-state index is 4.77. The maximum Gasteiger partial charge on any atom is 0.234 e. The van der Waals surface area contributed by atoms with Crippen molar-refractivity contribution in [3.63, 3.8) is 0 Å². The van der Waals surface area contributed by atoms with Gasteiger partial charge < -0.3 is 5.32 Å². The van der Waals surface area contributed by atoms with Gasteiger partial charge in [-0.05, 0) is 31.8 Å². The zero-order valence-corrected chi connectivity index (χ0v) is 12.6. The fourth-order valence-electron chi connectivity index (χ4n) is 2.78. The van der Waals surface area contributed by atoms with E-state index in [1.807, 2.05) is 4.52 Å². The molecule has 1 saturated heterocycles. The molecule has 0 radical (unpaired) electrons. The first-order valence-electron chi connectivity index (χ1n) is 7.05. The largest absolute Gasteiger partial charge is 0.316 e. The Balaban J connectivity index is 1.95. The number of aryl methyl sites for hydroxylation is 1. The van der Waals surface area contributed by atoms with E-state index in [1.54, 1.807) is 11.3 Å². The van der Waals surface area contributed by atoms with Crippen molar-refractivity contribution in [2.75, 3.05) is 13.1 Å². The molecule has 19 heavy (non-hydrogen) atoms. The zero-order chi connectivity index (χ0) is 13.5. The van der Waals surface area contributed by atoms with Gasteiger partial charge in [0.25, 0.3) is 0 Å². The first-order valence-corrected chi connectivity index (χ1v) is 7.87. The number of fused-ring (bicyclic) bond motifs is 1. The molecular weight excluding hydrogens is 258 g/mol. The molecule has 0 saturated carbocycles. The van der Waals surface area contributed by atoms with E-state index in [4.69, 9.17) is 5.10 Å². The molecule has 1 unspecified atom stereocenters. The van der Waals surface area contributed by atoms with Crippen LogP contribution in [0, 0.1) is 5.92 Å². The number of aromatic nitrogens is 4. The monoisotopic (exact) mass is 279 g/mol. The van der Waals surface area contributed by atoms with E-state index >= 15 is 0 Å². The van der Waals surface area contributed by atoms with Crippen molar-refractivity contribution in [2.24, 2.45) is 5.92 Å². The summed E-state index contributed by atoms with van der Waals surface area (Å²) in [4.78, 5) is 0.920. The van der Waals surface area contributed by atoms with E-state index < -0.39 is 0 Å². The lowest BCUT2D eigenvalue weighted by Gasteiger charge is -2.35. The van der Waals surface area contributed by atoms with Crippen LogP contribution in [0.1, 0.15) is 44.4 Å². The summed E-state index contributed by atoms with van der Waals surface area (Å²) in [5, 5.41) is 17.8. The van der Waals surface area contributed by atoms with Crippen molar-refractivity contribution >= 4 is 16.3 Å². The standard InChI is InChI=1S/C13H21N5S/c1-4-10-15-16-12-18(10)17-11(19-12)13(2,3)9-6-5-7-14-8-9/h9,14H,4-8H2,1-3H3. The van der Waals surface area contributed by atoms with Crippen LogP contribution in [0.5, 0.6) is 0 Å². The molecule has 3 rings (SSSR count). The van der Waals surface area contributed by atoms with Gasteiger partial charge in [-0.2, -0.15) is 9.61 Å². The highest BCUT2D eigenvalue weighted by Gasteiger charge is 2.35. The molecule has 104 valence electrons. The SMILES string of the molecule is CCc1nnc2sc(C(C)(C)C3CCCNC3)nn12. The molecule has 5 nitrogen and oxygen atoms in total. The minimum absolute atomic E-state index is 0.101. The van der Waals surface area contributed by atoms with Gasteiger partial charge in [-0.1, -0.05) is 32.1 Å². The third-order valence-electron chi connectivity index (χ3n) is 4.24. The number of nitrogens with zero attached hydrogens (tertiary/aromatic N) is 4. The van der Waals surface area contributed by atoms with Crippen LogP contribution >= 0.6 is 11.3 Å². The van der Waals surface area contributed by atoms with Crippen molar-refractivity contribution in [2.45, 2.75) is 45.4 Å². The molecule has 0 spiro atoms.